The summed E-state index contributed by atoms with van der Waals surface area (Å²) in [5, 5.41) is 4.94. The molecule has 4 heteroatoms. The Balaban J connectivity index is 1.31. The fraction of sp³-hybridized carbons (Fsp3) is 0.609. The Labute approximate surface area is 161 Å². The molecule has 27 heavy (non-hydrogen) atoms. The van der Waals surface area contributed by atoms with Crippen LogP contribution in [-0.2, 0) is 13.5 Å². The van der Waals surface area contributed by atoms with Crippen LogP contribution < -0.4 is 5.32 Å². The van der Waals surface area contributed by atoms with Crippen LogP contribution in [0.5, 0.6) is 0 Å². The van der Waals surface area contributed by atoms with Crippen LogP contribution in [0.25, 0.3) is 10.9 Å². The summed E-state index contributed by atoms with van der Waals surface area (Å²) in [6, 6.07) is 10.4. The van der Waals surface area contributed by atoms with E-state index in [1.165, 1.54) is 43.3 Å². The highest BCUT2D eigenvalue weighted by molar-refractivity contribution is 6.11. The summed E-state index contributed by atoms with van der Waals surface area (Å²) in [5.41, 5.74) is 3.41. The lowest BCUT2D eigenvalue weighted by atomic mass is 9.81. The Hall–Kier alpha value is -1.65. The quantitative estimate of drug-likeness (QED) is 0.904. The van der Waals surface area contributed by atoms with Gasteiger partial charge in [0.05, 0.1) is 0 Å². The number of aromatic nitrogens is 1. The number of nitrogens with one attached hydrogen (secondary N) is 1. The largest absolute Gasteiger partial charge is 0.347 e. The Morgan fingerprint density at radius 2 is 1.81 bits per heavy atom. The second-order valence-electron chi connectivity index (χ2n) is 8.98. The van der Waals surface area contributed by atoms with Crippen molar-refractivity contribution >= 4 is 16.7 Å². The van der Waals surface area contributed by atoms with Gasteiger partial charge in [-0.1, -0.05) is 24.6 Å². The van der Waals surface area contributed by atoms with E-state index < -0.39 is 0 Å². The van der Waals surface area contributed by atoms with Crippen molar-refractivity contribution in [1.29, 1.82) is 0 Å². The molecule has 3 aliphatic rings. The number of fused-ring (bicyclic) bond motifs is 5. The number of aryl methyl sites for hydroxylation is 1. The molecule has 2 saturated heterocycles. The number of para-hydroxylation sites is 1. The maximum Gasteiger partial charge on any atom is 0.169 e. The molecule has 1 aliphatic carbocycles. The van der Waals surface area contributed by atoms with E-state index in [2.05, 4.69) is 53.1 Å². The molecule has 2 aromatic rings. The van der Waals surface area contributed by atoms with Gasteiger partial charge in [-0.05, 0) is 51.6 Å². The van der Waals surface area contributed by atoms with E-state index in [0.29, 0.717) is 11.8 Å². The van der Waals surface area contributed by atoms with Crippen LogP contribution in [-0.4, -0.2) is 47.0 Å². The minimum atomic E-state index is 0.128. The highest BCUT2D eigenvalue weighted by Crippen LogP contribution is 2.35. The number of carbonyl (C=O) groups is 1. The Kier molecular flexibility index (Phi) is 4.36. The molecule has 144 valence electrons. The van der Waals surface area contributed by atoms with Crippen molar-refractivity contribution in [3.8, 4) is 0 Å². The third-order valence-corrected chi connectivity index (χ3v) is 7.57. The van der Waals surface area contributed by atoms with Gasteiger partial charge >= 0.3 is 0 Å². The standard InChI is InChI=1S/C23H31N3O/c1-25-17-6-5-7-18(25)13-16(12-17)24-14-15-10-11-21-22(23(15)27)19-8-3-4-9-20(19)26(21)2/h3-4,8-9,15-18,24H,5-7,10-14H2,1-2H3. The molecular formula is C23H31N3O. The van der Waals surface area contributed by atoms with Gasteiger partial charge in [0, 0.05) is 59.8 Å². The topological polar surface area (TPSA) is 37.3 Å². The van der Waals surface area contributed by atoms with Gasteiger partial charge < -0.3 is 14.8 Å². The summed E-state index contributed by atoms with van der Waals surface area (Å²) in [7, 11) is 4.40. The lowest BCUT2D eigenvalue weighted by molar-refractivity contribution is 0.0473. The van der Waals surface area contributed by atoms with E-state index in [0.717, 1.165) is 42.4 Å². The first-order valence-corrected chi connectivity index (χ1v) is 10.7. The molecular weight excluding hydrogens is 334 g/mol. The average molecular weight is 366 g/mol. The molecule has 3 heterocycles. The molecule has 2 bridgehead atoms. The third kappa shape index (κ3) is 2.85. The molecule has 2 aliphatic heterocycles. The van der Waals surface area contributed by atoms with Crippen LogP contribution in [0, 0.1) is 5.92 Å². The van der Waals surface area contributed by atoms with E-state index in [-0.39, 0.29) is 5.92 Å². The molecule has 2 fully saturated rings. The van der Waals surface area contributed by atoms with E-state index in [9.17, 15) is 4.79 Å². The van der Waals surface area contributed by atoms with E-state index in [1.54, 1.807) is 0 Å². The molecule has 0 amide bonds. The van der Waals surface area contributed by atoms with Gasteiger partial charge in [-0.25, -0.2) is 0 Å². The summed E-state index contributed by atoms with van der Waals surface area (Å²) < 4.78 is 2.23. The van der Waals surface area contributed by atoms with Crippen LogP contribution >= 0.6 is 0 Å². The molecule has 0 saturated carbocycles. The number of piperidine rings is 2. The first-order valence-electron chi connectivity index (χ1n) is 10.7. The number of rotatable bonds is 3. The zero-order chi connectivity index (χ0) is 18.5. The molecule has 1 aromatic heterocycles. The normalized spacial score (nSPS) is 31.3. The molecule has 0 spiro atoms. The smallest absolute Gasteiger partial charge is 0.169 e. The zero-order valence-electron chi connectivity index (χ0n) is 16.6. The van der Waals surface area contributed by atoms with Crippen LogP contribution in [0.15, 0.2) is 24.3 Å². The van der Waals surface area contributed by atoms with Crippen LogP contribution in [0.4, 0.5) is 0 Å². The van der Waals surface area contributed by atoms with Crippen molar-refractivity contribution < 1.29 is 4.79 Å². The number of hydrogen-bond donors (Lipinski definition) is 1. The molecule has 5 rings (SSSR count). The van der Waals surface area contributed by atoms with Gasteiger partial charge in [0.2, 0.25) is 0 Å². The summed E-state index contributed by atoms with van der Waals surface area (Å²) in [6.45, 7) is 0.843. The SMILES string of the molecule is CN1C2CCCC1CC(NCC1CCc3c(c4ccccc4n3C)C1=O)C2. The average Bonchev–Trinajstić information content (AvgIpc) is 2.95. The lowest BCUT2D eigenvalue weighted by Gasteiger charge is -2.47. The van der Waals surface area contributed by atoms with Gasteiger partial charge in [-0.2, -0.15) is 0 Å². The second kappa shape index (κ2) is 6.75. The fourth-order valence-corrected chi connectivity index (χ4v) is 5.95. The monoisotopic (exact) mass is 365 g/mol. The van der Waals surface area contributed by atoms with E-state index in [4.69, 9.17) is 0 Å². The Bertz CT molecular complexity index is 856. The lowest BCUT2D eigenvalue weighted by Crippen LogP contribution is -2.55. The number of hydrogen-bond acceptors (Lipinski definition) is 3. The number of Topliss-reactive ketones (excluding diaryl/α,β-unsaturated/α-hetero) is 1. The molecule has 1 N–H and O–H groups in total. The molecule has 3 atom stereocenters. The third-order valence-electron chi connectivity index (χ3n) is 7.57. The van der Waals surface area contributed by atoms with Crippen molar-refractivity contribution in [2.24, 2.45) is 13.0 Å². The predicted octanol–water partition coefficient (Wildman–Crippen LogP) is 3.53. The number of benzene rings is 1. The highest BCUT2D eigenvalue weighted by Gasteiger charge is 2.37. The molecule has 0 radical (unpaired) electrons. The zero-order valence-corrected chi connectivity index (χ0v) is 16.6. The van der Waals surface area contributed by atoms with Crippen LogP contribution in [0.1, 0.15) is 54.6 Å². The molecule has 4 nitrogen and oxygen atoms in total. The minimum Gasteiger partial charge on any atom is -0.347 e. The fourth-order valence-electron chi connectivity index (χ4n) is 5.95. The van der Waals surface area contributed by atoms with Crippen molar-refractivity contribution in [2.45, 2.75) is 63.1 Å². The van der Waals surface area contributed by atoms with Gasteiger partial charge in [0.15, 0.2) is 5.78 Å². The number of nitrogens with zero attached hydrogens (tertiary/aromatic N) is 2. The van der Waals surface area contributed by atoms with Gasteiger partial charge in [0.1, 0.15) is 0 Å². The van der Waals surface area contributed by atoms with Crippen LogP contribution in [0.3, 0.4) is 0 Å². The first-order chi connectivity index (χ1) is 13.1. The number of carbonyl (C=O) groups excluding carboxylic acids is 1. The predicted molar refractivity (Wildman–Crippen MR) is 109 cm³/mol. The van der Waals surface area contributed by atoms with E-state index in [1.807, 2.05) is 0 Å². The maximum atomic E-state index is 13.3. The number of ketones is 1. The summed E-state index contributed by atoms with van der Waals surface area (Å²) >= 11 is 0. The Morgan fingerprint density at radius 3 is 2.59 bits per heavy atom. The van der Waals surface area contributed by atoms with Crippen molar-refractivity contribution in [1.82, 2.24) is 14.8 Å². The first kappa shape index (κ1) is 17.4. The van der Waals surface area contributed by atoms with Crippen molar-refractivity contribution in [3.05, 3.63) is 35.5 Å². The highest BCUT2D eigenvalue weighted by atomic mass is 16.1. The molecule has 3 unspecified atom stereocenters. The van der Waals surface area contributed by atoms with Gasteiger partial charge in [-0.15, -0.1) is 0 Å². The maximum absolute atomic E-state index is 13.3. The van der Waals surface area contributed by atoms with Crippen LogP contribution in [0.2, 0.25) is 0 Å². The summed E-state index contributed by atoms with van der Waals surface area (Å²) in [5.74, 6) is 0.483. The molecule has 1 aromatic carbocycles. The summed E-state index contributed by atoms with van der Waals surface area (Å²) in [6.07, 6.45) is 8.54. The van der Waals surface area contributed by atoms with E-state index >= 15 is 0 Å². The van der Waals surface area contributed by atoms with Crippen molar-refractivity contribution in [2.75, 3.05) is 13.6 Å². The Morgan fingerprint density at radius 1 is 1.07 bits per heavy atom. The van der Waals surface area contributed by atoms with Gasteiger partial charge in [0.25, 0.3) is 0 Å². The van der Waals surface area contributed by atoms with Crippen molar-refractivity contribution in [3.63, 3.8) is 0 Å². The summed E-state index contributed by atoms with van der Waals surface area (Å²) in [4.78, 5) is 15.9. The van der Waals surface area contributed by atoms with Gasteiger partial charge in [-0.3, -0.25) is 4.79 Å². The minimum absolute atomic E-state index is 0.128. The second-order valence-corrected chi connectivity index (χ2v) is 8.98.